The topological polar surface area (TPSA) is 45.0 Å². The lowest BCUT2D eigenvalue weighted by Crippen LogP contribution is -2.02. The van der Waals surface area contributed by atoms with Gasteiger partial charge in [-0.05, 0) is 36.4 Å². The lowest BCUT2D eigenvalue weighted by molar-refractivity contribution is 0.415. The zero-order valence-corrected chi connectivity index (χ0v) is 10.5. The van der Waals surface area contributed by atoms with Crippen LogP contribution in [0.5, 0.6) is 5.75 Å². The summed E-state index contributed by atoms with van der Waals surface area (Å²) in [5.74, 6) is 0.398. The molecule has 2 rings (SSSR count). The Hall–Kier alpha value is -2.54. The van der Waals surface area contributed by atoms with Crippen molar-refractivity contribution < 1.29 is 9.13 Å². The molecule has 0 saturated carbocycles. The monoisotopic (exact) mass is 256 g/mol. The van der Waals surface area contributed by atoms with Crippen molar-refractivity contribution in [1.82, 2.24) is 0 Å². The molecule has 1 N–H and O–H groups in total. The summed E-state index contributed by atoms with van der Waals surface area (Å²) in [5, 5.41) is 11.8. The van der Waals surface area contributed by atoms with E-state index < -0.39 is 0 Å². The summed E-state index contributed by atoms with van der Waals surface area (Å²) in [6.07, 6.45) is 0. The fourth-order valence-electron chi connectivity index (χ4n) is 1.67. The number of nitriles is 1. The number of rotatable bonds is 4. The predicted octanol–water partition coefficient (Wildman–Crippen LogP) is 3.32. The highest BCUT2D eigenvalue weighted by Crippen LogP contribution is 2.17. The molecule has 0 bridgehead atoms. The van der Waals surface area contributed by atoms with Crippen molar-refractivity contribution in [1.29, 1.82) is 5.26 Å². The Morgan fingerprint density at radius 2 is 1.95 bits per heavy atom. The number of nitrogens with zero attached hydrogens (tertiary/aromatic N) is 1. The summed E-state index contributed by atoms with van der Waals surface area (Å²) < 4.78 is 18.7. The third-order valence-corrected chi connectivity index (χ3v) is 2.76. The van der Waals surface area contributed by atoms with Crippen LogP contribution in [0, 0.1) is 17.1 Å². The molecule has 2 aromatic carbocycles. The molecule has 19 heavy (non-hydrogen) atoms. The van der Waals surface area contributed by atoms with Crippen molar-refractivity contribution in [3.05, 3.63) is 59.4 Å². The highest BCUT2D eigenvalue weighted by molar-refractivity contribution is 5.47. The summed E-state index contributed by atoms with van der Waals surface area (Å²) in [6.45, 7) is 0.365. The van der Waals surface area contributed by atoms with Crippen molar-refractivity contribution in [3.8, 4) is 11.8 Å². The smallest absolute Gasteiger partial charge is 0.129 e. The van der Waals surface area contributed by atoms with Gasteiger partial charge in [0.15, 0.2) is 0 Å². The molecule has 0 aliphatic rings. The molecule has 0 aliphatic carbocycles. The van der Waals surface area contributed by atoms with Gasteiger partial charge in [0.1, 0.15) is 11.6 Å². The second kappa shape index (κ2) is 5.87. The van der Waals surface area contributed by atoms with Gasteiger partial charge in [-0.15, -0.1) is 0 Å². The minimum absolute atomic E-state index is 0.325. The predicted molar refractivity (Wildman–Crippen MR) is 71.4 cm³/mol. The van der Waals surface area contributed by atoms with E-state index >= 15 is 0 Å². The van der Waals surface area contributed by atoms with Crippen LogP contribution in [0.1, 0.15) is 11.1 Å². The van der Waals surface area contributed by atoms with E-state index in [0.29, 0.717) is 17.7 Å². The number of ether oxygens (including phenoxy) is 1. The van der Waals surface area contributed by atoms with Gasteiger partial charge < -0.3 is 10.1 Å². The van der Waals surface area contributed by atoms with Crippen LogP contribution in [0.15, 0.2) is 42.5 Å². The average Bonchev–Trinajstić information content (AvgIpc) is 2.46. The number of nitrogens with one attached hydrogen (secondary N) is 1. The average molecular weight is 256 g/mol. The Balaban J connectivity index is 2.04. The van der Waals surface area contributed by atoms with E-state index in [4.69, 9.17) is 10.00 Å². The minimum Gasteiger partial charge on any atom is -0.497 e. The van der Waals surface area contributed by atoms with E-state index in [0.717, 1.165) is 11.4 Å². The Labute approximate surface area is 111 Å². The van der Waals surface area contributed by atoms with Crippen molar-refractivity contribution in [3.63, 3.8) is 0 Å². The maximum atomic E-state index is 13.6. The van der Waals surface area contributed by atoms with Gasteiger partial charge in [0.25, 0.3) is 0 Å². The van der Waals surface area contributed by atoms with E-state index in [9.17, 15) is 4.39 Å². The van der Waals surface area contributed by atoms with Crippen LogP contribution in [0.3, 0.4) is 0 Å². The van der Waals surface area contributed by atoms with Crippen LogP contribution in [-0.4, -0.2) is 7.11 Å². The number of methoxy groups -OCH3 is 1. The van der Waals surface area contributed by atoms with Gasteiger partial charge in [0.2, 0.25) is 0 Å². The van der Waals surface area contributed by atoms with E-state index in [1.165, 1.54) is 6.07 Å². The standard InChI is InChI=1S/C15H13FN2O/c1-19-14-6-4-13(5-7-14)18-10-12-3-2-11(9-17)8-15(12)16/h2-8,18H,10H2,1H3. The second-order valence-corrected chi connectivity index (χ2v) is 4.00. The summed E-state index contributed by atoms with van der Waals surface area (Å²) in [4.78, 5) is 0. The van der Waals surface area contributed by atoms with Crippen molar-refractivity contribution in [2.24, 2.45) is 0 Å². The quantitative estimate of drug-likeness (QED) is 0.912. The van der Waals surface area contributed by atoms with Crippen molar-refractivity contribution in [2.75, 3.05) is 12.4 Å². The van der Waals surface area contributed by atoms with Crippen LogP contribution in [0.4, 0.5) is 10.1 Å². The molecule has 0 aromatic heterocycles. The fourth-order valence-corrected chi connectivity index (χ4v) is 1.67. The van der Waals surface area contributed by atoms with Gasteiger partial charge in [0.05, 0.1) is 18.7 Å². The maximum Gasteiger partial charge on any atom is 0.129 e. The molecule has 0 radical (unpaired) electrons. The van der Waals surface area contributed by atoms with Gasteiger partial charge in [-0.3, -0.25) is 0 Å². The summed E-state index contributed by atoms with van der Waals surface area (Å²) in [6, 6.07) is 13.8. The molecule has 0 amide bonds. The number of hydrogen-bond acceptors (Lipinski definition) is 3. The lowest BCUT2D eigenvalue weighted by Gasteiger charge is -2.08. The highest BCUT2D eigenvalue weighted by atomic mass is 19.1. The molecule has 3 nitrogen and oxygen atoms in total. The third kappa shape index (κ3) is 3.23. The molecule has 0 heterocycles. The van der Waals surface area contributed by atoms with Gasteiger partial charge in [-0.25, -0.2) is 4.39 Å². The largest absolute Gasteiger partial charge is 0.497 e. The van der Waals surface area contributed by atoms with Crippen LogP contribution >= 0.6 is 0 Å². The molecule has 96 valence electrons. The highest BCUT2D eigenvalue weighted by Gasteiger charge is 2.03. The van der Waals surface area contributed by atoms with Crippen molar-refractivity contribution >= 4 is 5.69 Å². The van der Waals surface area contributed by atoms with Gasteiger partial charge in [-0.1, -0.05) is 6.07 Å². The molecule has 0 spiro atoms. The fraction of sp³-hybridized carbons (Fsp3) is 0.133. The Morgan fingerprint density at radius 1 is 1.21 bits per heavy atom. The zero-order valence-electron chi connectivity index (χ0n) is 10.5. The van der Waals surface area contributed by atoms with Crippen molar-refractivity contribution in [2.45, 2.75) is 6.54 Å². The zero-order chi connectivity index (χ0) is 13.7. The van der Waals surface area contributed by atoms with Crippen LogP contribution in [0.2, 0.25) is 0 Å². The normalized spacial score (nSPS) is 9.74. The Bertz CT molecular complexity index is 603. The number of halogens is 1. The molecule has 2 aromatic rings. The first kappa shape index (κ1) is 12.9. The first-order valence-corrected chi connectivity index (χ1v) is 5.79. The Kier molecular flexibility index (Phi) is 3.99. The number of hydrogen-bond donors (Lipinski definition) is 1. The van der Waals surface area contributed by atoms with Gasteiger partial charge in [0, 0.05) is 17.8 Å². The SMILES string of the molecule is COc1ccc(NCc2ccc(C#N)cc2F)cc1. The summed E-state index contributed by atoms with van der Waals surface area (Å²) in [5.41, 5.74) is 1.73. The van der Waals surface area contributed by atoms with Crippen LogP contribution in [0.25, 0.3) is 0 Å². The molecule has 0 aliphatic heterocycles. The third-order valence-electron chi connectivity index (χ3n) is 2.76. The molecule has 0 fully saturated rings. The second-order valence-electron chi connectivity index (χ2n) is 4.00. The van der Waals surface area contributed by atoms with E-state index in [1.807, 2.05) is 30.3 Å². The molecular formula is C15H13FN2O. The van der Waals surface area contributed by atoms with Gasteiger partial charge >= 0.3 is 0 Å². The molecule has 0 unspecified atom stereocenters. The molecule has 0 saturated heterocycles. The maximum absolute atomic E-state index is 13.6. The summed E-state index contributed by atoms with van der Waals surface area (Å²) in [7, 11) is 1.61. The number of benzene rings is 2. The van der Waals surface area contributed by atoms with E-state index in [2.05, 4.69) is 5.32 Å². The Morgan fingerprint density at radius 3 is 2.53 bits per heavy atom. The lowest BCUT2D eigenvalue weighted by atomic mass is 10.1. The first-order chi connectivity index (χ1) is 9.22. The first-order valence-electron chi connectivity index (χ1n) is 5.79. The molecule has 4 heteroatoms. The van der Waals surface area contributed by atoms with Crippen LogP contribution < -0.4 is 10.1 Å². The van der Waals surface area contributed by atoms with Gasteiger partial charge in [-0.2, -0.15) is 5.26 Å². The molecular weight excluding hydrogens is 243 g/mol. The minimum atomic E-state index is -0.375. The number of anilines is 1. The van der Waals surface area contributed by atoms with Crippen LogP contribution in [-0.2, 0) is 6.54 Å². The molecule has 0 atom stereocenters. The summed E-state index contributed by atoms with van der Waals surface area (Å²) >= 11 is 0. The van der Waals surface area contributed by atoms with E-state index in [-0.39, 0.29) is 5.82 Å². The van der Waals surface area contributed by atoms with E-state index in [1.54, 1.807) is 19.2 Å².